The van der Waals surface area contributed by atoms with Crippen LogP contribution in [0.15, 0.2) is 60.7 Å². The number of hydrogen-bond donors (Lipinski definition) is 0. The first kappa shape index (κ1) is 31.2. The van der Waals surface area contributed by atoms with Gasteiger partial charge in [-0.3, -0.25) is 0 Å². The minimum atomic E-state index is -0.868. The number of benzene rings is 3. The Balaban J connectivity index is 1.61. The molecule has 3 aromatic rings. The van der Waals surface area contributed by atoms with E-state index in [2.05, 4.69) is 6.92 Å². The van der Waals surface area contributed by atoms with Crippen LogP contribution >= 0.6 is 11.6 Å². The molecule has 214 valence electrons. The van der Waals surface area contributed by atoms with Crippen LogP contribution in [-0.4, -0.2) is 25.2 Å². The molecular formula is C33H38ClFO5. The highest BCUT2D eigenvalue weighted by Gasteiger charge is 2.22. The Labute approximate surface area is 241 Å². The zero-order valence-corrected chi connectivity index (χ0v) is 24.3. The average Bonchev–Trinajstić information content (AvgIpc) is 2.96. The van der Waals surface area contributed by atoms with E-state index in [1.807, 2.05) is 32.0 Å². The molecular weight excluding hydrogens is 531 g/mol. The Kier molecular flexibility index (Phi) is 12.5. The van der Waals surface area contributed by atoms with Crippen molar-refractivity contribution in [3.63, 3.8) is 0 Å². The summed E-state index contributed by atoms with van der Waals surface area (Å²) < 4.78 is 31.0. The van der Waals surface area contributed by atoms with Gasteiger partial charge >= 0.3 is 11.9 Å². The van der Waals surface area contributed by atoms with E-state index in [0.717, 1.165) is 36.5 Å². The number of unbranched alkanes of at least 4 members (excludes halogenated alkanes) is 5. The molecule has 1 atom stereocenters. The molecule has 0 aromatic heterocycles. The summed E-state index contributed by atoms with van der Waals surface area (Å²) in [6.07, 6.45) is 7.95. The highest BCUT2D eigenvalue weighted by Crippen LogP contribution is 2.31. The molecule has 0 heterocycles. The summed E-state index contributed by atoms with van der Waals surface area (Å²) in [6.45, 7) is 6.88. The van der Waals surface area contributed by atoms with Crippen molar-refractivity contribution in [2.24, 2.45) is 5.92 Å². The molecule has 0 radical (unpaired) electrons. The van der Waals surface area contributed by atoms with Crippen LogP contribution in [-0.2, 0) is 4.74 Å². The van der Waals surface area contributed by atoms with Gasteiger partial charge in [-0.25, -0.2) is 14.0 Å². The van der Waals surface area contributed by atoms with Gasteiger partial charge in [-0.1, -0.05) is 95.2 Å². The number of carbonyl (C=O) groups excluding carboxylic acids is 2. The molecule has 0 amide bonds. The van der Waals surface area contributed by atoms with Crippen molar-refractivity contribution in [2.75, 3.05) is 13.2 Å². The lowest BCUT2D eigenvalue weighted by Crippen LogP contribution is -2.16. The molecule has 5 nitrogen and oxygen atoms in total. The fourth-order valence-electron chi connectivity index (χ4n) is 4.01. The van der Waals surface area contributed by atoms with E-state index in [0.29, 0.717) is 17.4 Å². The maximum atomic E-state index is 14.5. The van der Waals surface area contributed by atoms with Gasteiger partial charge in [0.25, 0.3) is 0 Å². The van der Waals surface area contributed by atoms with E-state index in [4.69, 9.17) is 25.8 Å². The smallest absolute Gasteiger partial charge is 0.344 e. The lowest BCUT2D eigenvalue weighted by Gasteiger charge is -2.13. The Morgan fingerprint density at radius 1 is 0.850 bits per heavy atom. The Hall–Kier alpha value is -3.38. The fourth-order valence-corrected chi connectivity index (χ4v) is 4.25. The van der Waals surface area contributed by atoms with Crippen LogP contribution in [0.1, 0.15) is 86.4 Å². The van der Waals surface area contributed by atoms with E-state index >= 15 is 0 Å². The molecule has 0 unspecified atom stereocenters. The molecule has 0 aliphatic rings. The van der Waals surface area contributed by atoms with Crippen molar-refractivity contribution in [1.82, 2.24) is 0 Å². The summed E-state index contributed by atoms with van der Waals surface area (Å²) in [7, 11) is 0. The van der Waals surface area contributed by atoms with Crippen LogP contribution in [0.2, 0.25) is 5.02 Å². The first-order valence-electron chi connectivity index (χ1n) is 14.0. The minimum absolute atomic E-state index is 0.129. The molecule has 7 heteroatoms. The molecule has 0 bridgehead atoms. The van der Waals surface area contributed by atoms with Crippen molar-refractivity contribution in [2.45, 2.75) is 65.7 Å². The van der Waals surface area contributed by atoms with Crippen LogP contribution in [0.25, 0.3) is 11.1 Å². The molecule has 40 heavy (non-hydrogen) atoms. The van der Waals surface area contributed by atoms with Crippen LogP contribution in [0.3, 0.4) is 0 Å². The van der Waals surface area contributed by atoms with Crippen molar-refractivity contribution in [3.8, 4) is 22.6 Å². The number of carbonyl (C=O) groups is 2. The van der Waals surface area contributed by atoms with Gasteiger partial charge in [-0.2, -0.15) is 0 Å². The summed E-state index contributed by atoms with van der Waals surface area (Å²) in [5.41, 5.74) is 1.57. The molecule has 3 aromatic carbocycles. The van der Waals surface area contributed by atoms with Gasteiger partial charge in [0.05, 0.1) is 23.8 Å². The molecule has 0 aliphatic carbocycles. The lowest BCUT2D eigenvalue weighted by atomic mass is 10.0. The Morgan fingerprint density at radius 2 is 1.55 bits per heavy atom. The second-order valence-corrected chi connectivity index (χ2v) is 10.4. The van der Waals surface area contributed by atoms with Gasteiger partial charge in [0.1, 0.15) is 22.9 Å². The molecule has 0 fully saturated rings. The maximum Gasteiger partial charge on any atom is 0.344 e. The van der Waals surface area contributed by atoms with Crippen LogP contribution in [0, 0.1) is 11.7 Å². The van der Waals surface area contributed by atoms with Crippen molar-refractivity contribution in [3.05, 3.63) is 82.6 Å². The minimum Gasteiger partial charge on any atom is -0.492 e. The number of hydrogen-bond acceptors (Lipinski definition) is 5. The predicted octanol–water partition coefficient (Wildman–Crippen LogP) is 9.31. The third-order valence-corrected chi connectivity index (χ3v) is 7.01. The Bertz CT molecular complexity index is 1260. The standard InChI is InChI=1S/C33H38ClFO5/c1-4-6-7-8-9-10-20-38-29-19-18-26(21-27(29)34)24-14-16-25(17-15-24)32(36)40-30-13-11-12-28(35)31(30)33(37)39-22-23(3)5-2/h11-19,21,23H,4-10,20,22H2,1-3H3/t23-/m0/s1. The van der Waals surface area contributed by atoms with Gasteiger partial charge in [-0.05, 0) is 59.9 Å². The number of rotatable bonds is 15. The van der Waals surface area contributed by atoms with Crippen molar-refractivity contribution < 1.29 is 28.2 Å². The van der Waals surface area contributed by atoms with Gasteiger partial charge in [0, 0.05) is 0 Å². The fraction of sp³-hybridized carbons (Fsp3) is 0.394. The van der Waals surface area contributed by atoms with Gasteiger partial charge < -0.3 is 14.2 Å². The van der Waals surface area contributed by atoms with E-state index in [-0.39, 0.29) is 23.8 Å². The zero-order chi connectivity index (χ0) is 28.9. The molecule has 3 rings (SSSR count). The van der Waals surface area contributed by atoms with Crippen LogP contribution in [0.5, 0.6) is 11.5 Å². The normalized spacial score (nSPS) is 11.6. The van der Waals surface area contributed by atoms with E-state index in [9.17, 15) is 14.0 Å². The summed E-state index contributed by atoms with van der Waals surface area (Å²) in [5.74, 6) is -1.81. The lowest BCUT2D eigenvalue weighted by molar-refractivity contribution is 0.0436. The third-order valence-electron chi connectivity index (χ3n) is 6.72. The van der Waals surface area contributed by atoms with E-state index < -0.39 is 23.3 Å². The quantitative estimate of drug-likeness (QED) is 0.104. The molecule has 0 aliphatic heterocycles. The second kappa shape index (κ2) is 16.0. The Morgan fingerprint density at radius 3 is 2.25 bits per heavy atom. The van der Waals surface area contributed by atoms with Crippen molar-refractivity contribution >= 4 is 23.5 Å². The summed E-state index contributed by atoms with van der Waals surface area (Å²) >= 11 is 6.47. The first-order chi connectivity index (χ1) is 19.3. The van der Waals surface area contributed by atoms with Crippen molar-refractivity contribution in [1.29, 1.82) is 0 Å². The molecule has 0 N–H and O–H groups in total. The highest BCUT2D eigenvalue weighted by molar-refractivity contribution is 6.32. The number of esters is 2. The average molecular weight is 569 g/mol. The SMILES string of the molecule is CCCCCCCCOc1ccc(-c2ccc(C(=O)Oc3cccc(F)c3C(=O)OC[C@@H](C)CC)cc2)cc1Cl. The molecule has 0 saturated heterocycles. The third kappa shape index (κ3) is 9.09. The largest absolute Gasteiger partial charge is 0.492 e. The number of ether oxygens (including phenoxy) is 3. The van der Waals surface area contributed by atoms with Crippen LogP contribution in [0.4, 0.5) is 4.39 Å². The molecule has 0 spiro atoms. The topological polar surface area (TPSA) is 61.8 Å². The van der Waals surface area contributed by atoms with Gasteiger partial charge in [0.2, 0.25) is 0 Å². The summed E-state index contributed by atoms with van der Waals surface area (Å²) in [6, 6.07) is 16.2. The van der Waals surface area contributed by atoms with Gasteiger partial charge in [0.15, 0.2) is 0 Å². The summed E-state index contributed by atoms with van der Waals surface area (Å²) in [5, 5.41) is 0.519. The number of halogens is 2. The second-order valence-electron chi connectivity index (χ2n) is 9.95. The maximum absolute atomic E-state index is 14.5. The van der Waals surface area contributed by atoms with E-state index in [1.165, 1.54) is 37.8 Å². The van der Waals surface area contributed by atoms with Gasteiger partial charge in [-0.15, -0.1) is 0 Å². The van der Waals surface area contributed by atoms with E-state index in [1.54, 1.807) is 24.3 Å². The molecule has 0 saturated carbocycles. The zero-order valence-electron chi connectivity index (χ0n) is 23.5. The van der Waals surface area contributed by atoms with Crippen LogP contribution < -0.4 is 9.47 Å². The summed E-state index contributed by atoms with van der Waals surface area (Å²) in [4.78, 5) is 25.3. The first-order valence-corrected chi connectivity index (χ1v) is 14.4. The highest BCUT2D eigenvalue weighted by atomic mass is 35.5. The monoisotopic (exact) mass is 568 g/mol. The predicted molar refractivity (Wildman–Crippen MR) is 157 cm³/mol.